The highest BCUT2D eigenvalue weighted by molar-refractivity contribution is 6.30. The monoisotopic (exact) mass is 275 g/mol. The van der Waals surface area contributed by atoms with Crippen LogP contribution in [0.1, 0.15) is 27.2 Å². The SMILES string of the molecule is C/C(Nc1cccc(Cl)c1)=C1/C(=O)C[C@@H]2[C@H]1C2(C)C. The van der Waals surface area contributed by atoms with E-state index in [4.69, 9.17) is 11.6 Å². The molecule has 0 heterocycles. The highest BCUT2D eigenvalue weighted by atomic mass is 35.5. The van der Waals surface area contributed by atoms with Crippen LogP contribution in [0.3, 0.4) is 0 Å². The van der Waals surface area contributed by atoms with E-state index in [1.54, 1.807) is 0 Å². The first-order chi connectivity index (χ1) is 8.91. The summed E-state index contributed by atoms with van der Waals surface area (Å²) < 4.78 is 0. The molecule has 0 unspecified atom stereocenters. The van der Waals surface area contributed by atoms with Gasteiger partial charge in [-0.2, -0.15) is 0 Å². The average molecular weight is 276 g/mol. The molecule has 2 atom stereocenters. The summed E-state index contributed by atoms with van der Waals surface area (Å²) in [5.74, 6) is 1.29. The van der Waals surface area contributed by atoms with E-state index < -0.39 is 0 Å². The van der Waals surface area contributed by atoms with Crippen LogP contribution in [-0.4, -0.2) is 5.78 Å². The number of benzene rings is 1. The summed E-state index contributed by atoms with van der Waals surface area (Å²) in [5, 5.41) is 4.02. The van der Waals surface area contributed by atoms with E-state index in [0.29, 0.717) is 34.5 Å². The lowest BCUT2D eigenvalue weighted by atomic mass is 9.95. The molecular weight excluding hydrogens is 258 g/mol. The largest absolute Gasteiger partial charge is 0.359 e. The van der Waals surface area contributed by atoms with Crippen molar-refractivity contribution in [2.45, 2.75) is 27.2 Å². The summed E-state index contributed by atoms with van der Waals surface area (Å²) >= 11 is 5.98. The molecule has 0 amide bonds. The summed E-state index contributed by atoms with van der Waals surface area (Å²) in [6.45, 7) is 6.49. The van der Waals surface area contributed by atoms with E-state index in [9.17, 15) is 4.79 Å². The Morgan fingerprint density at radius 1 is 1.42 bits per heavy atom. The fourth-order valence-corrected chi connectivity index (χ4v) is 3.66. The van der Waals surface area contributed by atoms with Crippen LogP contribution in [0.15, 0.2) is 35.5 Å². The Morgan fingerprint density at radius 3 is 2.79 bits per heavy atom. The molecule has 3 rings (SSSR count). The molecule has 2 aliphatic rings. The number of nitrogens with one attached hydrogen (secondary N) is 1. The van der Waals surface area contributed by atoms with Gasteiger partial charge < -0.3 is 5.32 Å². The molecule has 100 valence electrons. The van der Waals surface area contributed by atoms with Crippen molar-refractivity contribution in [2.75, 3.05) is 5.32 Å². The van der Waals surface area contributed by atoms with E-state index >= 15 is 0 Å². The third kappa shape index (κ3) is 1.99. The van der Waals surface area contributed by atoms with Gasteiger partial charge in [0, 0.05) is 28.4 Å². The minimum Gasteiger partial charge on any atom is -0.359 e. The lowest BCUT2D eigenvalue weighted by Crippen LogP contribution is -2.12. The number of ketones is 1. The zero-order valence-electron chi connectivity index (χ0n) is 11.5. The van der Waals surface area contributed by atoms with Crippen molar-refractivity contribution < 1.29 is 4.79 Å². The summed E-state index contributed by atoms with van der Waals surface area (Å²) in [5.41, 5.74) is 3.20. The Labute approximate surface area is 118 Å². The number of Topliss-reactive ketones (excluding diaryl/α,β-unsaturated/α-hetero) is 1. The van der Waals surface area contributed by atoms with Crippen LogP contribution in [0.25, 0.3) is 0 Å². The third-order valence-corrected chi connectivity index (χ3v) is 4.86. The second-order valence-electron chi connectivity index (χ2n) is 6.21. The van der Waals surface area contributed by atoms with Crippen molar-refractivity contribution >= 4 is 23.1 Å². The van der Waals surface area contributed by atoms with Gasteiger partial charge in [0.2, 0.25) is 0 Å². The topological polar surface area (TPSA) is 29.1 Å². The molecule has 2 fully saturated rings. The van der Waals surface area contributed by atoms with Gasteiger partial charge in [-0.05, 0) is 42.4 Å². The molecule has 0 saturated heterocycles. The van der Waals surface area contributed by atoms with E-state index in [1.807, 2.05) is 31.2 Å². The zero-order chi connectivity index (χ0) is 13.8. The maximum absolute atomic E-state index is 12.1. The van der Waals surface area contributed by atoms with Crippen LogP contribution in [-0.2, 0) is 4.79 Å². The fourth-order valence-electron chi connectivity index (χ4n) is 3.47. The first kappa shape index (κ1) is 12.7. The van der Waals surface area contributed by atoms with Crippen molar-refractivity contribution in [2.24, 2.45) is 17.3 Å². The van der Waals surface area contributed by atoms with Gasteiger partial charge in [-0.3, -0.25) is 4.79 Å². The van der Waals surface area contributed by atoms with Crippen LogP contribution in [0, 0.1) is 17.3 Å². The summed E-state index contributed by atoms with van der Waals surface area (Å²) in [7, 11) is 0. The number of anilines is 1. The first-order valence-corrected chi connectivity index (χ1v) is 7.05. The highest BCUT2D eigenvalue weighted by Gasteiger charge is 2.65. The summed E-state index contributed by atoms with van der Waals surface area (Å²) in [4.78, 5) is 12.1. The van der Waals surface area contributed by atoms with Crippen molar-refractivity contribution in [3.05, 3.63) is 40.6 Å². The Morgan fingerprint density at radius 2 is 2.16 bits per heavy atom. The molecule has 0 spiro atoms. The van der Waals surface area contributed by atoms with E-state index in [2.05, 4.69) is 19.2 Å². The van der Waals surface area contributed by atoms with Gasteiger partial charge in [-0.1, -0.05) is 31.5 Å². The maximum Gasteiger partial charge on any atom is 0.161 e. The Bertz CT molecular complexity index is 588. The lowest BCUT2D eigenvalue weighted by molar-refractivity contribution is -0.115. The first-order valence-electron chi connectivity index (χ1n) is 6.68. The smallest absolute Gasteiger partial charge is 0.161 e. The van der Waals surface area contributed by atoms with Gasteiger partial charge in [0.1, 0.15) is 0 Å². The molecule has 1 aromatic carbocycles. The highest BCUT2D eigenvalue weighted by Crippen LogP contribution is 2.68. The van der Waals surface area contributed by atoms with Crippen LogP contribution < -0.4 is 5.32 Å². The number of hydrogen-bond donors (Lipinski definition) is 1. The number of carbonyl (C=O) groups excluding carboxylic acids is 1. The van der Waals surface area contributed by atoms with Crippen molar-refractivity contribution in [3.8, 4) is 0 Å². The minimum atomic E-state index is 0.292. The Hall–Kier alpha value is -1.28. The van der Waals surface area contributed by atoms with Gasteiger partial charge in [0.15, 0.2) is 5.78 Å². The fraction of sp³-hybridized carbons (Fsp3) is 0.438. The molecule has 0 aliphatic heterocycles. The number of hydrogen-bond acceptors (Lipinski definition) is 2. The number of halogens is 1. The van der Waals surface area contributed by atoms with Crippen molar-refractivity contribution in [1.82, 2.24) is 0 Å². The van der Waals surface area contributed by atoms with E-state index in [1.165, 1.54) is 0 Å². The zero-order valence-corrected chi connectivity index (χ0v) is 12.2. The Balaban J connectivity index is 1.88. The molecule has 1 N–H and O–H groups in total. The van der Waals surface area contributed by atoms with Crippen LogP contribution in [0.2, 0.25) is 5.02 Å². The molecule has 19 heavy (non-hydrogen) atoms. The number of allylic oxidation sites excluding steroid dienone is 2. The van der Waals surface area contributed by atoms with Crippen LogP contribution in [0.4, 0.5) is 5.69 Å². The summed E-state index contributed by atoms with van der Waals surface area (Å²) in [6, 6.07) is 7.59. The maximum atomic E-state index is 12.1. The molecule has 2 saturated carbocycles. The second-order valence-corrected chi connectivity index (χ2v) is 6.64. The Kier molecular flexibility index (Phi) is 2.75. The van der Waals surface area contributed by atoms with Gasteiger partial charge in [-0.15, -0.1) is 0 Å². The van der Waals surface area contributed by atoms with Gasteiger partial charge in [0.05, 0.1) is 0 Å². The molecule has 0 radical (unpaired) electrons. The van der Waals surface area contributed by atoms with Crippen LogP contribution >= 0.6 is 11.6 Å². The normalized spacial score (nSPS) is 30.0. The molecule has 3 heteroatoms. The predicted molar refractivity (Wildman–Crippen MR) is 78.2 cm³/mol. The van der Waals surface area contributed by atoms with Crippen LogP contribution in [0.5, 0.6) is 0 Å². The van der Waals surface area contributed by atoms with E-state index in [0.717, 1.165) is 17.0 Å². The minimum absolute atomic E-state index is 0.292. The molecule has 0 aromatic heterocycles. The quantitative estimate of drug-likeness (QED) is 0.817. The van der Waals surface area contributed by atoms with E-state index in [-0.39, 0.29) is 0 Å². The van der Waals surface area contributed by atoms with Crippen molar-refractivity contribution in [3.63, 3.8) is 0 Å². The summed E-state index contributed by atoms with van der Waals surface area (Å²) in [6.07, 6.45) is 0.710. The number of carbonyl (C=O) groups is 1. The molecule has 0 bridgehead atoms. The lowest BCUT2D eigenvalue weighted by Gasteiger charge is -2.14. The third-order valence-electron chi connectivity index (χ3n) is 4.63. The average Bonchev–Trinajstić information content (AvgIpc) is 2.70. The van der Waals surface area contributed by atoms with Crippen molar-refractivity contribution in [1.29, 1.82) is 0 Å². The molecule has 2 nitrogen and oxygen atoms in total. The molecular formula is C16H18ClNO. The standard InChI is InChI=1S/C16H18ClNO/c1-9(18-11-6-4-5-10(17)7-11)14-13(19)8-12-15(14)16(12,2)3/h4-7,12,15,18H,8H2,1-3H3/b14-9+/t12-,15-/m1/s1. The van der Waals surface area contributed by atoms with Gasteiger partial charge in [0.25, 0.3) is 0 Å². The number of rotatable bonds is 2. The number of fused-ring (bicyclic) bond motifs is 1. The van der Waals surface area contributed by atoms with Gasteiger partial charge >= 0.3 is 0 Å². The second kappa shape index (κ2) is 4.11. The molecule has 1 aromatic rings. The molecule has 2 aliphatic carbocycles. The predicted octanol–water partition coefficient (Wildman–Crippen LogP) is 4.27. The van der Waals surface area contributed by atoms with Gasteiger partial charge in [-0.25, -0.2) is 0 Å².